The van der Waals surface area contributed by atoms with Gasteiger partial charge in [-0.25, -0.2) is 0 Å². The molecule has 6 nitrogen and oxygen atoms in total. The summed E-state index contributed by atoms with van der Waals surface area (Å²) in [5.41, 5.74) is 2.27. The molecule has 1 saturated carbocycles. The number of hydrogen-bond donors (Lipinski definition) is 0. The number of likely N-dealkylation sites (tertiary alicyclic amines) is 1. The quantitative estimate of drug-likeness (QED) is 0.797. The lowest BCUT2D eigenvalue weighted by molar-refractivity contribution is 0.0955. The highest BCUT2D eigenvalue weighted by Gasteiger charge is 2.36. The minimum Gasteiger partial charge on any atom is -0.490 e. The number of aryl methyl sites for hydroxylation is 1. The molecular weight excluding hydrogens is 328 g/mol. The van der Waals surface area contributed by atoms with Gasteiger partial charge in [-0.2, -0.15) is 0 Å². The molecule has 0 unspecified atom stereocenters. The van der Waals surface area contributed by atoms with E-state index in [2.05, 4.69) is 39.5 Å². The summed E-state index contributed by atoms with van der Waals surface area (Å²) in [6.07, 6.45) is 7.46. The molecule has 4 rings (SSSR count). The van der Waals surface area contributed by atoms with E-state index in [0.29, 0.717) is 6.10 Å². The molecule has 2 aromatic rings. The summed E-state index contributed by atoms with van der Waals surface area (Å²) in [6.45, 7) is 2.70. The van der Waals surface area contributed by atoms with E-state index in [9.17, 15) is 0 Å². The van der Waals surface area contributed by atoms with Crippen molar-refractivity contribution in [1.29, 1.82) is 0 Å². The standard InChI is InChI=1S/C20H28N4O2/c1-23-13-18(21-22-23)17-12-24(14-20(17)25-2)11-15-7-3-6-10-19(15)26-16-8-4-5-9-16/h3,6-7,10,13,16-17,20H,4-5,8-9,11-12,14H2,1-2H3/t17-,20+/m0/s1. The third-order valence-electron chi connectivity index (χ3n) is 5.61. The Kier molecular flexibility index (Phi) is 5.22. The van der Waals surface area contributed by atoms with Crippen molar-refractivity contribution >= 4 is 0 Å². The van der Waals surface area contributed by atoms with Crippen LogP contribution in [0, 0.1) is 0 Å². The first-order valence-corrected chi connectivity index (χ1v) is 9.59. The lowest BCUT2D eigenvalue weighted by atomic mass is 10.0. The van der Waals surface area contributed by atoms with Crippen molar-refractivity contribution in [3.8, 4) is 5.75 Å². The highest BCUT2D eigenvalue weighted by atomic mass is 16.5. The minimum atomic E-state index is 0.148. The van der Waals surface area contributed by atoms with Crippen molar-refractivity contribution in [3.05, 3.63) is 41.7 Å². The molecular formula is C20H28N4O2. The first kappa shape index (κ1) is 17.5. The van der Waals surface area contributed by atoms with E-state index in [1.807, 2.05) is 13.2 Å². The number of rotatable bonds is 6. The number of para-hydroxylation sites is 1. The Hall–Kier alpha value is -1.92. The molecule has 2 fully saturated rings. The van der Waals surface area contributed by atoms with Gasteiger partial charge in [-0.05, 0) is 31.7 Å². The summed E-state index contributed by atoms with van der Waals surface area (Å²) >= 11 is 0. The molecule has 1 aliphatic heterocycles. The molecule has 1 aromatic heterocycles. The molecule has 0 spiro atoms. The Balaban J connectivity index is 1.46. The zero-order valence-corrected chi connectivity index (χ0v) is 15.7. The molecule has 0 radical (unpaired) electrons. The normalized spacial score (nSPS) is 24.4. The van der Waals surface area contributed by atoms with E-state index in [4.69, 9.17) is 9.47 Å². The minimum absolute atomic E-state index is 0.148. The Bertz CT molecular complexity index is 726. The molecule has 1 saturated heterocycles. The van der Waals surface area contributed by atoms with Crippen LogP contribution in [-0.2, 0) is 18.3 Å². The number of methoxy groups -OCH3 is 1. The summed E-state index contributed by atoms with van der Waals surface area (Å²) in [6, 6.07) is 8.46. The van der Waals surface area contributed by atoms with Crippen molar-refractivity contribution in [2.45, 2.75) is 50.4 Å². The highest BCUT2D eigenvalue weighted by molar-refractivity contribution is 5.33. The van der Waals surface area contributed by atoms with Gasteiger partial charge in [0.25, 0.3) is 0 Å². The molecule has 26 heavy (non-hydrogen) atoms. The van der Waals surface area contributed by atoms with E-state index in [0.717, 1.165) is 31.1 Å². The number of hydrogen-bond acceptors (Lipinski definition) is 5. The van der Waals surface area contributed by atoms with Gasteiger partial charge < -0.3 is 9.47 Å². The van der Waals surface area contributed by atoms with Crippen LogP contribution in [0.5, 0.6) is 5.75 Å². The smallest absolute Gasteiger partial charge is 0.124 e. The van der Waals surface area contributed by atoms with Crippen LogP contribution in [0.2, 0.25) is 0 Å². The molecule has 2 atom stereocenters. The maximum atomic E-state index is 6.30. The Morgan fingerprint density at radius 3 is 2.69 bits per heavy atom. The highest BCUT2D eigenvalue weighted by Crippen LogP contribution is 2.32. The first-order valence-electron chi connectivity index (χ1n) is 9.59. The number of ether oxygens (including phenoxy) is 2. The van der Waals surface area contributed by atoms with E-state index in [1.165, 1.54) is 31.2 Å². The van der Waals surface area contributed by atoms with Gasteiger partial charge in [-0.3, -0.25) is 9.58 Å². The van der Waals surface area contributed by atoms with Gasteiger partial charge in [-0.1, -0.05) is 23.4 Å². The Morgan fingerprint density at radius 2 is 1.96 bits per heavy atom. The molecule has 2 aliphatic rings. The fourth-order valence-electron chi connectivity index (χ4n) is 4.22. The van der Waals surface area contributed by atoms with Gasteiger partial charge in [-0.15, -0.1) is 5.10 Å². The fraction of sp³-hybridized carbons (Fsp3) is 0.600. The third kappa shape index (κ3) is 3.76. The van der Waals surface area contributed by atoms with E-state index in [-0.39, 0.29) is 12.0 Å². The molecule has 140 valence electrons. The lowest BCUT2D eigenvalue weighted by Crippen LogP contribution is -2.23. The molecule has 0 amide bonds. The second-order valence-electron chi connectivity index (χ2n) is 7.52. The van der Waals surface area contributed by atoms with Gasteiger partial charge >= 0.3 is 0 Å². The van der Waals surface area contributed by atoms with Gasteiger partial charge in [0.15, 0.2) is 0 Å². The SMILES string of the molecule is CO[C@@H]1CN(Cc2ccccc2OC2CCCC2)C[C@H]1c1cn(C)nn1. The number of nitrogens with zero attached hydrogens (tertiary/aromatic N) is 4. The van der Waals surface area contributed by atoms with Crippen LogP contribution in [0.15, 0.2) is 30.5 Å². The molecule has 1 aromatic carbocycles. The van der Waals surface area contributed by atoms with Crippen LogP contribution < -0.4 is 4.74 Å². The molecule has 1 aliphatic carbocycles. The largest absolute Gasteiger partial charge is 0.490 e. The van der Waals surface area contributed by atoms with Crippen molar-refractivity contribution in [2.24, 2.45) is 7.05 Å². The number of aromatic nitrogens is 3. The summed E-state index contributed by atoms with van der Waals surface area (Å²) in [5, 5.41) is 8.39. The molecule has 6 heteroatoms. The van der Waals surface area contributed by atoms with Crippen molar-refractivity contribution in [2.75, 3.05) is 20.2 Å². The lowest BCUT2D eigenvalue weighted by Gasteiger charge is -2.20. The maximum absolute atomic E-state index is 6.30. The van der Waals surface area contributed by atoms with Crippen molar-refractivity contribution < 1.29 is 9.47 Å². The fourth-order valence-corrected chi connectivity index (χ4v) is 4.22. The van der Waals surface area contributed by atoms with Gasteiger partial charge in [0.1, 0.15) is 5.75 Å². The van der Waals surface area contributed by atoms with Crippen molar-refractivity contribution in [3.63, 3.8) is 0 Å². The van der Waals surface area contributed by atoms with Gasteiger partial charge in [0, 0.05) is 51.5 Å². The summed E-state index contributed by atoms with van der Waals surface area (Å²) in [4.78, 5) is 2.43. The van der Waals surface area contributed by atoms with Crippen LogP contribution in [0.4, 0.5) is 0 Å². The Morgan fingerprint density at radius 1 is 1.15 bits per heavy atom. The molecule has 0 N–H and O–H groups in total. The van der Waals surface area contributed by atoms with Crippen LogP contribution in [0.3, 0.4) is 0 Å². The average molecular weight is 356 g/mol. The van der Waals surface area contributed by atoms with Gasteiger partial charge in [0.05, 0.1) is 17.9 Å². The maximum Gasteiger partial charge on any atom is 0.124 e. The summed E-state index contributed by atoms with van der Waals surface area (Å²) in [5.74, 6) is 1.30. The topological polar surface area (TPSA) is 52.4 Å². The van der Waals surface area contributed by atoms with Crippen LogP contribution >= 0.6 is 0 Å². The first-order chi connectivity index (χ1) is 12.7. The molecule has 2 heterocycles. The second-order valence-corrected chi connectivity index (χ2v) is 7.52. The predicted molar refractivity (Wildman–Crippen MR) is 99.1 cm³/mol. The van der Waals surface area contributed by atoms with E-state index in [1.54, 1.807) is 11.8 Å². The molecule has 0 bridgehead atoms. The van der Waals surface area contributed by atoms with Crippen LogP contribution in [0.25, 0.3) is 0 Å². The monoisotopic (exact) mass is 356 g/mol. The van der Waals surface area contributed by atoms with E-state index < -0.39 is 0 Å². The van der Waals surface area contributed by atoms with E-state index >= 15 is 0 Å². The van der Waals surface area contributed by atoms with Crippen LogP contribution in [0.1, 0.15) is 42.9 Å². The number of benzene rings is 1. The average Bonchev–Trinajstić information content (AvgIpc) is 3.37. The van der Waals surface area contributed by atoms with Crippen molar-refractivity contribution in [1.82, 2.24) is 19.9 Å². The second kappa shape index (κ2) is 7.76. The summed E-state index contributed by atoms with van der Waals surface area (Å²) in [7, 11) is 3.69. The Labute approximate surface area is 155 Å². The van der Waals surface area contributed by atoms with Gasteiger partial charge in [0.2, 0.25) is 0 Å². The zero-order valence-electron chi connectivity index (χ0n) is 15.7. The predicted octanol–water partition coefficient (Wildman–Crippen LogP) is 2.75. The van der Waals surface area contributed by atoms with Crippen LogP contribution in [-0.4, -0.2) is 52.3 Å². The zero-order chi connectivity index (χ0) is 17.9. The third-order valence-corrected chi connectivity index (χ3v) is 5.61. The summed E-state index contributed by atoms with van der Waals surface area (Å²) < 4.78 is 13.8.